The average Bonchev–Trinajstić information content (AvgIpc) is 1.73. The van der Waals surface area contributed by atoms with Gasteiger partial charge in [0.1, 0.15) is 48.3 Å². The summed E-state index contributed by atoms with van der Waals surface area (Å²) < 4.78 is 164. The lowest BCUT2D eigenvalue weighted by Gasteiger charge is -2.20. The van der Waals surface area contributed by atoms with Gasteiger partial charge in [-0.05, 0) is 190 Å². The minimum absolute atomic E-state index is 0.0364. The molecule has 0 spiro atoms. The van der Waals surface area contributed by atoms with Crippen molar-refractivity contribution in [1.82, 2.24) is 49.1 Å². The second-order valence-electron chi connectivity index (χ2n) is 34.2. The van der Waals surface area contributed by atoms with E-state index in [-0.39, 0.29) is 70.5 Å². The van der Waals surface area contributed by atoms with E-state index < -0.39 is 64.7 Å². The number of nitrogen functional groups attached to an aromatic ring is 2. The molecule has 0 aliphatic heterocycles. The molecule has 16 rings (SSSR count). The van der Waals surface area contributed by atoms with E-state index in [1.54, 1.807) is 163 Å². The molecular weight excluding hydrogens is 1700 g/mol. The molecule has 8 aromatic carbocycles. The van der Waals surface area contributed by atoms with Crippen molar-refractivity contribution in [2.24, 2.45) is 0 Å². The number of aryl methyl sites for hydroxylation is 2. The number of hydrogen-bond acceptors (Lipinski definition) is 18. The maximum atomic E-state index is 14.6. The van der Waals surface area contributed by atoms with Crippen LogP contribution in [0.15, 0.2) is 269 Å². The third-order valence-corrected chi connectivity index (χ3v) is 26.0. The molecule has 0 bridgehead atoms. The molecule has 8 aromatic heterocycles. The summed E-state index contributed by atoms with van der Waals surface area (Å²) in [6.45, 7) is 26.0. The number of sulfonamides is 4. The lowest BCUT2D eigenvalue weighted by atomic mass is 9.87. The van der Waals surface area contributed by atoms with Gasteiger partial charge in [0, 0.05) is 64.2 Å². The van der Waals surface area contributed by atoms with Crippen molar-refractivity contribution >= 4 is 119 Å². The molecule has 0 saturated heterocycles. The van der Waals surface area contributed by atoms with Crippen molar-refractivity contribution in [1.29, 1.82) is 0 Å². The van der Waals surface area contributed by atoms with Gasteiger partial charge in [0.25, 0.3) is 45.6 Å². The first-order valence-corrected chi connectivity index (χ1v) is 45.9. The summed E-state index contributed by atoms with van der Waals surface area (Å²) in [5, 5.41) is 40.6. The van der Waals surface area contributed by atoms with Gasteiger partial charge in [0.05, 0.1) is 86.9 Å². The molecule has 35 heteroatoms. The van der Waals surface area contributed by atoms with E-state index in [2.05, 4.69) is 90.8 Å². The fourth-order valence-electron chi connectivity index (χ4n) is 13.9. The third-order valence-electron chi connectivity index (χ3n) is 20.6. The van der Waals surface area contributed by atoms with Gasteiger partial charge in [-0.2, -0.15) is 20.4 Å². The van der Waals surface area contributed by atoms with Crippen LogP contribution >= 0.6 is 0 Å². The predicted octanol–water partition coefficient (Wildman–Crippen LogP) is 17.2. The normalized spacial score (nSPS) is 12.3. The van der Waals surface area contributed by atoms with Crippen molar-refractivity contribution in [2.45, 2.75) is 152 Å². The Morgan fingerprint density at radius 3 is 1.19 bits per heavy atom. The quantitative estimate of drug-likeness (QED) is 0.0292. The Hall–Kier alpha value is -13.8. The maximum Gasteiger partial charge on any atom is 0.312 e. The number of nitrogens with two attached hydrogens (primary N) is 2. The number of fused-ring (bicyclic) bond motifs is 4. The highest BCUT2D eigenvalue weighted by atomic mass is 32.2. The van der Waals surface area contributed by atoms with Crippen LogP contribution in [0, 0.1) is 19.7 Å². The molecule has 0 unspecified atom stereocenters. The van der Waals surface area contributed by atoms with Crippen LogP contribution in [0.25, 0.3) is 66.4 Å². The number of rotatable bonds is 18. The third kappa shape index (κ3) is 20.1. The average molecular weight is 1800 g/mol. The summed E-state index contributed by atoms with van der Waals surface area (Å²) >= 11 is 0. The summed E-state index contributed by atoms with van der Waals surface area (Å²) in [5.74, 6) is 0.760. The number of pyridine rings is 4. The number of alkyl halides is 2. The lowest BCUT2D eigenvalue weighted by molar-refractivity contribution is -0.884. The van der Waals surface area contributed by atoms with Gasteiger partial charge in [-0.25, -0.2) is 70.6 Å². The maximum absolute atomic E-state index is 14.6. The molecule has 10 N–H and O–H groups in total. The van der Waals surface area contributed by atoms with Crippen LogP contribution in [-0.2, 0) is 75.1 Å². The van der Waals surface area contributed by atoms with E-state index in [1.165, 1.54) is 44.5 Å². The molecule has 0 atom stereocenters. The van der Waals surface area contributed by atoms with Gasteiger partial charge in [0.15, 0.2) is 5.52 Å². The zero-order valence-corrected chi connectivity index (χ0v) is 75.3. The highest BCUT2D eigenvalue weighted by Gasteiger charge is 2.30. The Labute approximate surface area is 734 Å². The van der Waals surface area contributed by atoms with Crippen LogP contribution < -0.4 is 39.8 Å². The van der Waals surface area contributed by atoms with E-state index in [1.807, 2.05) is 109 Å². The fourth-order valence-corrected chi connectivity index (χ4v) is 18.1. The van der Waals surface area contributed by atoms with Crippen molar-refractivity contribution in [3.63, 3.8) is 0 Å². The monoisotopic (exact) mass is 1800 g/mol. The first-order chi connectivity index (χ1) is 59.7. The van der Waals surface area contributed by atoms with Crippen molar-refractivity contribution in [3.8, 4) is 22.7 Å². The summed E-state index contributed by atoms with van der Waals surface area (Å²) in [4.78, 5) is 8.84. The van der Waals surface area contributed by atoms with Crippen LogP contribution in [0.1, 0.15) is 128 Å². The summed E-state index contributed by atoms with van der Waals surface area (Å²) in [6, 6.07) is 65.4. The van der Waals surface area contributed by atoms with Crippen molar-refractivity contribution in [2.75, 3.05) is 30.4 Å². The molecule has 658 valence electrons. The number of nitrogens with zero attached hydrogens (tertiary/aromatic N) is 12. The van der Waals surface area contributed by atoms with E-state index >= 15 is 0 Å². The molecule has 0 aliphatic carbocycles. The molecule has 127 heavy (non-hydrogen) atoms. The van der Waals surface area contributed by atoms with Crippen LogP contribution in [0.5, 0.6) is 0 Å². The molecule has 28 nitrogen and oxygen atoms in total. The van der Waals surface area contributed by atoms with Gasteiger partial charge >= 0.3 is 5.82 Å². The van der Waals surface area contributed by atoms with Gasteiger partial charge in [-0.3, -0.25) is 34.8 Å². The number of hydrogen-bond donors (Lipinski definition) is 8. The van der Waals surface area contributed by atoms with Crippen LogP contribution in [0.3, 0.4) is 0 Å². The Balaban J connectivity index is 0.000000145. The predicted molar refractivity (Wildman–Crippen MR) is 486 cm³/mol. The van der Waals surface area contributed by atoms with E-state index in [4.69, 9.17) is 11.5 Å². The molecular formula is C92H97F3N18O10S4+2. The van der Waals surface area contributed by atoms with Crippen LogP contribution in [-0.4, -0.2) is 93.2 Å². The van der Waals surface area contributed by atoms with E-state index in [0.29, 0.717) is 89.6 Å². The Kier molecular flexibility index (Phi) is 25.3. The molecule has 16 aromatic rings. The number of benzene rings is 8. The first kappa shape index (κ1) is 90.9. The molecule has 0 aliphatic rings. The topological polar surface area (TPSA) is 382 Å². The standard InChI is InChI=1S/C23H22F2N4O2S.C23H24FN4O3S.C23H25N5O3S.C23H25N5O2S/c1-23(2,3)18-10-9-16(13-19(18)25)32(30,31)28-22-12-15(14-24)27-29(22)21-8-4-7-20-17(21)6-5-11-26-20;1-23(2,3)16-9-11-18(12-10-16)32(30,31)26-22-14-17(15-24)25-28(22)21-8-4-7-20-19(21)6-5-13-27(20)29;1-15-14-22(26-32(30,31)17-10-8-16(9-11-17)23(2,3)4)27(25-15)19-6-5-7-20-18(19)12-13-21(24)28(20)29;1-15-14-22(27-31(29,30)17-10-8-16(9-11-17)23(2,3)4)28(26-15)20-7-5-6-19-18(20)12-13-21(24)25-19/h4-13,28H,14H2,1-3H3;4-14,26,29H,15H2,1-3H3;5-14,24,29H,1-4H3,(H,25,26);5-14,27H,1-4H3,(H2,24,25)/q;+1;;/p+1. The van der Waals surface area contributed by atoms with Gasteiger partial charge in [-0.15, -0.1) is 0 Å². The Morgan fingerprint density at radius 2 is 0.756 bits per heavy atom. The number of nitrogens with one attached hydrogen (secondary N) is 4. The number of anilines is 6. The van der Waals surface area contributed by atoms with Gasteiger partial charge in [0.2, 0.25) is 6.20 Å². The number of halogens is 3. The highest BCUT2D eigenvalue weighted by molar-refractivity contribution is 7.93. The second-order valence-corrected chi connectivity index (χ2v) is 40.9. The first-order valence-electron chi connectivity index (χ1n) is 39.9. The minimum Gasteiger partial charge on any atom is -0.384 e. The molecule has 8 heterocycles. The van der Waals surface area contributed by atoms with Crippen molar-refractivity contribution in [3.05, 3.63) is 300 Å². The lowest BCUT2D eigenvalue weighted by Crippen LogP contribution is -2.34. The smallest absolute Gasteiger partial charge is 0.312 e. The minimum atomic E-state index is -4.17. The Morgan fingerprint density at radius 1 is 0.386 bits per heavy atom. The van der Waals surface area contributed by atoms with Crippen LogP contribution in [0.4, 0.5) is 48.1 Å². The molecule has 0 amide bonds. The molecule has 0 radical (unpaired) electrons. The van der Waals surface area contributed by atoms with Crippen LogP contribution in [0.2, 0.25) is 0 Å². The number of aromatic nitrogens is 12. The fraction of sp³-hybridized carbons (Fsp3) is 0.217. The largest absolute Gasteiger partial charge is 0.384 e. The second kappa shape index (κ2) is 35.3. The zero-order valence-electron chi connectivity index (χ0n) is 72.0. The van der Waals surface area contributed by atoms with Gasteiger partial charge in [-0.1, -0.05) is 150 Å². The van der Waals surface area contributed by atoms with E-state index in [9.17, 15) is 57.3 Å². The van der Waals surface area contributed by atoms with Gasteiger partial charge < -0.3 is 10.9 Å². The van der Waals surface area contributed by atoms with Crippen molar-refractivity contribution < 1.29 is 66.7 Å². The van der Waals surface area contributed by atoms with E-state index in [0.717, 1.165) is 37.6 Å². The summed E-state index contributed by atoms with van der Waals surface area (Å²) in [5.41, 5.74) is 20.5. The highest BCUT2D eigenvalue weighted by Crippen LogP contribution is 2.36. The zero-order chi connectivity index (χ0) is 91.8. The summed E-state index contributed by atoms with van der Waals surface area (Å²) in [6.07, 6.45) is 3.12. The Bertz CT molecular complexity index is 7330. The molecule has 0 saturated carbocycles. The SMILES string of the molecule is CC(C)(C)c1ccc(S(=O)(=O)Nc2cc(CF)nn2-c2cccc3c2ccc[n+]3O)cc1.CC(C)(C)c1ccc(S(=O)(=O)Nc2cc(CF)nn2-c2cccc3ncccc23)cc1F.Cc1cc(NS(=O)(=O)c2ccc(C(C)(C)C)cc2)n(-c2cccc3c2ccc(N)[n+]3O)n1.Cc1cc(NS(=O)(=O)c2ccc(C(C)(C)C)cc2)n(-c2cccc3nc(N)ccc23)n1. The summed E-state index contributed by atoms with van der Waals surface area (Å²) in [7, 11) is -15.8. The molecule has 0 fully saturated rings.